The highest BCUT2D eigenvalue weighted by molar-refractivity contribution is 6.24. The van der Waals surface area contributed by atoms with Gasteiger partial charge < -0.3 is 9.22 Å². The van der Waals surface area contributed by atoms with Crippen LogP contribution < -0.4 is 0 Å². The molecular formula is C24H50O3Si. The van der Waals surface area contributed by atoms with Crippen molar-refractivity contribution in [3.8, 4) is 0 Å². The third kappa shape index (κ3) is 25.6. The van der Waals surface area contributed by atoms with E-state index in [1.54, 1.807) is 0 Å². The molecule has 0 amide bonds. The van der Waals surface area contributed by atoms with E-state index in [1.165, 1.54) is 128 Å². The van der Waals surface area contributed by atoms with Crippen LogP contribution in [-0.4, -0.2) is 20.6 Å². The maximum atomic E-state index is 10.4. The van der Waals surface area contributed by atoms with Gasteiger partial charge in [-0.25, -0.2) is 0 Å². The number of hydrogen-bond acceptors (Lipinski definition) is 2. The lowest BCUT2D eigenvalue weighted by Gasteiger charge is -2.04. The maximum absolute atomic E-state index is 10.4. The standard InChI is InChI=1S/C24H50O3Si/c1-2-3-4-5-6-7-8-9-10-11-12-13-14-15-16-17-18-19-20-21-22-23-24-27-28(25)26/h25H,2-24H2,1H3. The first-order valence-electron chi connectivity index (χ1n) is 12.6. The Kier molecular flexibility index (Phi) is 24.3. The fourth-order valence-corrected chi connectivity index (χ4v) is 4.19. The molecule has 3 nitrogen and oxygen atoms in total. The zero-order valence-electron chi connectivity index (χ0n) is 19.0. The van der Waals surface area contributed by atoms with E-state index in [-0.39, 0.29) is 0 Å². The highest BCUT2D eigenvalue weighted by Crippen LogP contribution is 2.15. The van der Waals surface area contributed by atoms with Gasteiger partial charge in [0.25, 0.3) is 0 Å². The van der Waals surface area contributed by atoms with E-state index >= 15 is 0 Å². The first kappa shape index (κ1) is 27.6. The van der Waals surface area contributed by atoms with E-state index in [4.69, 9.17) is 4.80 Å². The lowest BCUT2D eigenvalue weighted by molar-refractivity contribution is 0.218. The summed E-state index contributed by atoms with van der Waals surface area (Å²) in [5.74, 6) is 0. The molecule has 0 atom stereocenters. The largest absolute Gasteiger partial charge is 0.764 e. The van der Waals surface area contributed by atoms with E-state index in [0.717, 1.165) is 12.8 Å². The number of rotatable bonds is 24. The Balaban J connectivity index is 2.99. The van der Waals surface area contributed by atoms with E-state index in [1.807, 2.05) is 0 Å². The Hall–Kier alpha value is -0.383. The van der Waals surface area contributed by atoms with E-state index in [0.29, 0.717) is 6.61 Å². The summed E-state index contributed by atoms with van der Waals surface area (Å²) in [5, 5.41) is 0. The van der Waals surface area contributed by atoms with Gasteiger partial charge in [0, 0.05) is 0 Å². The van der Waals surface area contributed by atoms with Crippen molar-refractivity contribution in [3.05, 3.63) is 0 Å². The van der Waals surface area contributed by atoms with Crippen LogP contribution in [-0.2, 0) is 8.89 Å². The summed E-state index contributed by atoms with van der Waals surface area (Å²) >= 11 is 0. The van der Waals surface area contributed by atoms with Gasteiger partial charge in [0.15, 0.2) is 0 Å². The Morgan fingerprint density at radius 1 is 0.500 bits per heavy atom. The van der Waals surface area contributed by atoms with Crippen LogP contribution in [0.5, 0.6) is 0 Å². The molecule has 0 aromatic carbocycles. The van der Waals surface area contributed by atoms with Crippen LogP contribution >= 0.6 is 0 Å². The van der Waals surface area contributed by atoms with Crippen molar-refractivity contribution in [2.75, 3.05) is 6.61 Å². The fraction of sp³-hybridized carbons (Fsp3) is 1.00. The van der Waals surface area contributed by atoms with Gasteiger partial charge in [-0.1, -0.05) is 142 Å². The molecule has 168 valence electrons. The minimum Gasteiger partial charge on any atom is -0.511 e. The molecule has 0 saturated carbocycles. The van der Waals surface area contributed by atoms with Crippen molar-refractivity contribution in [1.29, 1.82) is 0 Å². The second-order valence-electron chi connectivity index (χ2n) is 8.54. The van der Waals surface area contributed by atoms with Gasteiger partial charge >= 0.3 is 9.17 Å². The van der Waals surface area contributed by atoms with Crippen LogP contribution in [0, 0.1) is 0 Å². The van der Waals surface area contributed by atoms with Crippen molar-refractivity contribution >= 4 is 9.17 Å². The van der Waals surface area contributed by atoms with Crippen molar-refractivity contribution in [2.45, 2.75) is 148 Å². The summed E-state index contributed by atoms with van der Waals surface area (Å²) in [4.78, 5) is 8.55. The first-order valence-corrected chi connectivity index (χ1v) is 13.9. The summed E-state index contributed by atoms with van der Waals surface area (Å²) in [6, 6.07) is 0. The topological polar surface area (TPSA) is 46.5 Å². The normalized spacial score (nSPS) is 11.0. The molecule has 0 aromatic rings. The lowest BCUT2D eigenvalue weighted by Crippen LogP contribution is -2.06. The van der Waals surface area contributed by atoms with Crippen molar-refractivity contribution in [2.24, 2.45) is 0 Å². The highest BCUT2D eigenvalue weighted by atomic mass is 28.3. The molecule has 1 N–H and O–H groups in total. The second kappa shape index (κ2) is 24.7. The molecule has 0 aliphatic heterocycles. The predicted molar refractivity (Wildman–Crippen MR) is 122 cm³/mol. The summed E-state index contributed by atoms with van der Waals surface area (Å²) in [5.41, 5.74) is 0. The lowest BCUT2D eigenvalue weighted by atomic mass is 10.0. The third-order valence-corrected chi connectivity index (χ3v) is 6.17. The smallest absolute Gasteiger partial charge is 0.511 e. The first-order chi connectivity index (χ1) is 13.8. The van der Waals surface area contributed by atoms with Crippen LogP contribution in [0.2, 0.25) is 0 Å². The van der Waals surface area contributed by atoms with Crippen LogP contribution in [0.15, 0.2) is 0 Å². The molecular weight excluding hydrogens is 364 g/mol. The average molecular weight is 415 g/mol. The van der Waals surface area contributed by atoms with Gasteiger partial charge in [-0.2, -0.15) is 0 Å². The van der Waals surface area contributed by atoms with Gasteiger partial charge in [-0.05, 0) is 6.42 Å². The Bertz CT molecular complexity index is 310. The second-order valence-corrected chi connectivity index (χ2v) is 9.36. The van der Waals surface area contributed by atoms with Crippen LogP contribution in [0.3, 0.4) is 0 Å². The van der Waals surface area contributed by atoms with Crippen LogP contribution in [0.1, 0.15) is 148 Å². The van der Waals surface area contributed by atoms with Gasteiger partial charge in [0.1, 0.15) is 0 Å². The molecule has 4 heteroatoms. The fourth-order valence-electron chi connectivity index (χ4n) is 3.87. The molecule has 0 unspecified atom stereocenters. The number of hydrogen-bond donors (Lipinski definition) is 1. The zero-order valence-corrected chi connectivity index (χ0v) is 20.0. The van der Waals surface area contributed by atoms with Gasteiger partial charge in [-0.3, -0.25) is 4.46 Å². The summed E-state index contributed by atoms with van der Waals surface area (Å²) < 4.78 is 15.1. The maximum Gasteiger partial charge on any atom is 0.764 e. The average Bonchev–Trinajstić information content (AvgIpc) is 2.68. The van der Waals surface area contributed by atoms with Gasteiger partial charge in [0.05, 0.1) is 6.61 Å². The molecule has 0 aliphatic rings. The molecule has 0 rings (SSSR count). The number of unbranched alkanes of at least 4 members (excludes halogenated alkanes) is 21. The monoisotopic (exact) mass is 414 g/mol. The van der Waals surface area contributed by atoms with Crippen LogP contribution in [0.4, 0.5) is 0 Å². The molecule has 0 bridgehead atoms. The van der Waals surface area contributed by atoms with Crippen molar-refractivity contribution in [3.63, 3.8) is 0 Å². The van der Waals surface area contributed by atoms with Crippen molar-refractivity contribution < 1.29 is 13.7 Å². The Morgan fingerprint density at radius 2 is 0.750 bits per heavy atom. The Labute approximate surface area is 177 Å². The zero-order chi connectivity index (χ0) is 20.5. The predicted octanol–water partition coefficient (Wildman–Crippen LogP) is 8.01. The quantitative estimate of drug-likeness (QED) is 0.128. The molecule has 0 fully saturated rings. The molecule has 0 aliphatic carbocycles. The third-order valence-electron chi connectivity index (χ3n) is 5.72. The SMILES string of the molecule is CCCCCCCCCCCCCCCCCCCCCCCCO[Si](=O)O. The summed E-state index contributed by atoms with van der Waals surface area (Å²) in [6.45, 7) is 2.73. The molecule has 0 heterocycles. The van der Waals surface area contributed by atoms with Gasteiger partial charge in [0.2, 0.25) is 0 Å². The molecule has 0 spiro atoms. The van der Waals surface area contributed by atoms with Crippen LogP contribution in [0.25, 0.3) is 0 Å². The molecule has 28 heavy (non-hydrogen) atoms. The minimum absolute atomic E-state index is 0.438. The highest BCUT2D eigenvalue weighted by Gasteiger charge is 2.01. The van der Waals surface area contributed by atoms with E-state index in [9.17, 15) is 4.46 Å². The minimum atomic E-state index is -2.71. The summed E-state index contributed by atoms with van der Waals surface area (Å²) in [6.07, 6.45) is 30.3. The molecule has 0 radical (unpaired) electrons. The molecule has 0 saturated heterocycles. The summed E-state index contributed by atoms with van der Waals surface area (Å²) in [7, 11) is -2.71. The van der Waals surface area contributed by atoms with Gasteiger partial charge in [-0.15, -0.1) is 0 Å². The van der Waals surface area contributed by atoms with Crippen molar-refractivity contribution in [1.82, 2.24) is 0 Å². The van der Waals surface area contributed by atoms with E-state index < -0.39 is 9.17 Å². The molecule has 0 aromatic heterocycles. The van der Waals surface area contributed by atoms with E-state index in [2.05, 4.69) is 11.3 Å². The Morgan fingerprint density at radius 3 is 1.00 bits per heavy atom.